The molecule has 2 heterocycles. The van der Waals surface area contributed by atoms with Gasteiger partial charge in [0.1, 0.15) is 13.7 Å². The van der Waals surface area contributed by atoms with Crippen molar-refractivity contribution in [3.8, 4) is 0 Å². The topological polar surface area (TPSA) is 141 Å². The van der Waals surface area contributed by atoms with Crippen molar-refractivity contribution in [3.05, 3.63) is 34.4 Å². The molecule has 3 rings (SSSR count). The lowest BCUT2D eigenvalue weighted by molar-refractivity contribution is -0.122. The molecule has 1 aliphatic rings. The highest BCUT2D eigenvalue weighted by molar-refractivity contribution is 6.30. The van der Waals surface area contributed by atoms with Gasteiger partial charge in [-0.3, -0.25) is 24.4 Å². The number of ketones is 1. The molecule has 1 aliphatic heterocycles. The normalized spacial score (nSPS) is 15.9. The average Bonchev–Trinajstić information content (AvgIpc) is 3.27. The zero-order valence-corrected chi connectivity index (χ0v) is 22.6. The first-order valence-corrected chi connectivity index (χ1v) is 12.8. The minimum atomic E-state index is -0.502. The maximum absolute atomic E-state index is 12.7. The van der Waals surface area contributed by atoms with Crippen molar-refractivity contribution >= 4 is 42.7 Å². The monoisotopic (exact) mass is 528 g/mol. The number of halogens is 1. The molecule has 4 N–H and O–H groups in total. The molecule has 2 aromatic rings. The van der Waals surface area contributed by atoms with Crippen LogP contribution in [0.15, 0.2) is 23.0 Å². The predicted octanol–water partition coefficient (Wildman–Crippen LogP) is 1.91. The third kappa shape index (κ3) is 9.23. The molecule has 1 aromatic heterocycles. The minimum absolute atomic E-state index is 0.0233. The van der Waals surface area contributed by atoms with E-state index in [2.05, 4.69) is 36.1 Å². The number of nitrogens with two attached hydrogens (primary N) is 1. The fourth-order valence-corrected chi connectivity index (χ4v) is 4.50. The Morgan fingerprint density at radius 1 is 1.39 bits per heavy atom. The maximum atomic E-state index is 12.7. The number of urea groups is 1. The molecule has 10 nitrogen and oxygen atoms in total. The number of nitrogens with one attached hydrogen (secondary N) is 2. The Bertz CT molecular complexity index is 1170. The van der Waals surface area contributed by atoms with E-state index in [1.807, 2.05) is 4.90 Å². The number of hydrogen-bond donors (Lipinski definition) is 3. The van der Waals surface area contributed by atoms with Crippen LogP contribution in [0.25, 0.3) is 11.0 Å². The number of nitrogens with zero attached hydrogens (tertiary/aromatic N) is 3. The van der Waals surface area contributed by atoms with E-state index in [1.165, 1.54) is 30.1 Å². The number of aromatic nitrogens is 2. The number of hydrazine groups is 1. The third-order valence-corrected chi connectivity index (χ3v) is 6.68. The second-order valence-corrected chi connectivity index (χ2v) is 10.6. The molecule has 1 fully saturated rings. The highest BCUT2D eigenvalue weighted by atomic mass is 19.1. The van der Waals surface area contributed by atoms with Crippen LogP contribution in [0.2, 0.25) is 0 Å². The molecule has 38 heavy (non-hydrogen) atoms. The molecule has 0 saturated carbocycles. The Labute approximate surface area is 223 Å². The Morgan fingerprint density at radius 3 is 2.71 bits per heavy atom. The van der Waals surface area contributed by atoms with Gasteiger partial charge in [-0.15, -0.1) is 0 Å². The lowest BCUT2D eigenvalue weighted by Crippen LogP contribution is -2.51. The van der Waals surface area contributed by atoms with Crippen molar-refractivity contribution in [2.24, 2.45) is 11.3 Å². The first kappa shape index (κ1) is 30.9. The molecular formula is C26H38BFN6O4. The zero-order chi connectivity index (χ0) is 28.5. The molecule has 3 amide bonds. The van der Waals surface area contributed by atoms with Gasteiger partial charge in [0.15, 0.2) is 5.78 Å². The van der Waals surface area contributed by atoms with Crippen LogP contribution in [0.5, 0.6) is 0 Å². The Hall–Kier alpha value is -3.28. The quantitative estimate of drug-likeness (QED) is 0.107. The standard InChI is InChI=1S/C18H34N4O3.C8H4BFN2O/c1-14-8-7-11-21(14)17(25)22(19)12-18(3,4)10-6-5-9-16(15(2)24)20-13-23;9-7-8(13)12-6-3-4(10)1-2-5(6)11-7/h13-14,16H,5-12,19H2,1-4H3,(H,20,23);1-3H,(H,12,13). The number of amides is 3. The summed E-state index contributed by atoms with van der Waals surface area (Å²) < 4.78 is 12.7. The summed E-state index contributed by atoms with van der Waals surface area (Å²) in [6.07, 6.45) is 5.95. The van der Waals surface area contributed by atoms with E-state index in [-0.39, 0.29) is 28.9 Å². The van der Waals surface area contributed by atoms with Gasteiger partial charge in [0.2, 0.25) is 6.41 Å². The number of unbranched alkanes of at least 4 members (excludes halogenated alkanes) is 1. The summed E-state index contributed by atoms with van der Waals surface area (Å²) in [5.41, 5.74) is 0.104. The van der Waals surface area contributed by atoms with Crippen LogP contribution in [-0.4, -0.2) is 71.1 Å². The zero-order valence-electron chi connectivity index (χ0n) is 22.6. The second-order valence-electron chi connectivity index (χ2n) is 10.6. The SMILES string of the molecule is CC(=O)C(CCCCC(C)(C)CN(N)C(=O)N1CCCC1C)NC=O.[B]c1nc2ccc(F)cc2[nH]c1=O. The second kappa shape index (κ2) is 14.0. The number of Topliss-reactive ketones (excluding diaryl/α,β-unsaturated/α-hetero) is 1. The van der Waals surface area contributed by atoms with Crippen molar-refractivity contribution in [3.63, 3.8) is 0 Å². The number of carbonyl (C=O) groups excluding carboxylic acids is 3. The summed E-state index contributed by atoms with van der Waals surface area (Å²) >= 11 is 0. The van der Waals surface area contributed by atoms with Gasteiger partial charge in [0, 0.05) is 19.1 Å². The lowest BCUT2D eigenvalue weighted by atomic mass is 9.86. The Morgan fingerprint density at radius 2 is 2.11 bits per heavy atom. The smallest absolute Gasteiger partial charge is 0.334 e. The highest BCUT2D eigenvalue weighted by Gasteiger charge is 2.30. The van der Waals surface area contributed by atoms with Gasteiger partial charge >= 0.3 is 6.03 Å². The molecule has 0 spiro atoms. The first-order valence-electron chi connectivity index (χ1n) is 12.8. The molecule has 2 unspecified atom stereocenters. The van der Waals surface area contributed by atoms with Gasteiger partial charge in [-0.2, -0.15) is 0 Å². The molecule has 0 bridgehead atoms. The van der Waals surface area contributed by atoms with Crippen molar-refractivity contribution in [2.75, 3.05) is 13.1 Å². The van der Waals surface area contributed by atoms with Gasteiger partial charge in [0.05, 0.1) is 22.7 Å². The number of aromatic amines is 1. The molecule has 1 saturated heterocycles. The number of carbonyl (C=O) groups is 3. The first-order chi connectivity index (χ1) is 17.8. The van der Waals surface area contributed by atoms with E-state index >= 15 is 0 Å². The summed E-state index contributed by atoms with van der Waals surface area (Å²) in [7, 11) is 5.28. The number of benzene rings is 1. The Balaban J connectivity index is 0.000000323. The summed E-state index contributed by atoms with van der Waals surface area (Å²) in [6, 6.07) is 3.68. The lowest BCUT2D eigenvalue weighted by Gasteiger charge is -2.33. The maximum Gasteiger partial charge on any atom is 0.334 e. The minimum Gasteiger partial charge on any atom is -0.349 e. The summed E-state index contributed by atoms with van der Waals surface area (Å²) in [4.78, 5) is 53.4. The molecule has 1 aromatic carbocycles. The van der Waals surface area contributed by atoms with E-state index in [4.69, 9.17) is 13.7 Å². The van der Waals surface area contributed by atoms with E-state index in [0.717, 1.165) is 38.6 Å². The highest BCUT2D eigenvalue weighted by Crippen LogP contribution is 2.26. The van der Waals surface area contributed by atoms with Crippen LogP contribution >= 0.6 is 0 Å². The third-order valence-electron chi connectivity index (χ3n) is 6.68. The summed E-state index contributed by atoms with van der Waals surface area (Å²) in [5, 5.41) is 3.90. The summed E-state index contributed by atoms with van der Waals surface area (Å²) in [6.45, 7) is 9.02. The number of hydrogen-bond acceptors (Lipinski definition) is 6. The van der Waals surface area contributed by atoms with Gasteiger partial charge in [-0.05, 0) is 63.1 Å². The number of fused-ring (bicyclic) bond motifs is 1. The van der Waals surface area contributed by atoms with Crippen LogP contribution in [0.3, 0.4) is 0 Å². The fraction of sp³-hybridized carbons (Fsp3) is 0.577. The molecule has 206 valence electrons. The van der Waals surface area contributed by atoms with Gasteiger partial charge in [-0.1, -0.05) is 26.7 Å². The van der Waals surface area contributed by atoms with Crippen molar-refractivity contribution in [1.29, 1.82) is 0 Å². The molecular weight excluding hydrogens is 490 g/mol. The van der Waals surface area contributed by atoms with Crippen LogP contribution in [0.1, 0.15) is 66.2 Å². The van der Waals surface area contributed by atoms with E-state index in [0.29, 0.717) is 30.4 Å². The van der Waals surface area contributed by atoms with Crippen LogP contribution in [-0.2, 0) is 9.59 Å². The van der Waals surface area contributed by atoms with Crippen LogP contribution in [0, 0.1) is 11.2 Å². The number of H-pyrrole nitrogens is 1. The van der Waals surface area contributed by atoms with Gasteiger partial charge in [0.25, 0.3) is 5.56 Å². The van der Waals surface area contributed by atoms with E-state index in [1.54, 1.807) is 0 Å². The Kier molecular flexibility index (Phi) is 11.4. The van der Waals surface area contributed by atoms with Crippen LogP contribution in [0.4, 0.5) is 9.18 Å². The summed E-state index contributed by atoms with van der Waals surface area (Å²) in [5.74, 6) is 5.58. The van der Waals surface area contributed by atoms with Crippen molar-refractivity contribution < 1.29 is 18.8 Å². The van der Waals surface area contributed by atoms with Gasteiger partial charge in [-0.25, -0.2) is 15.0 Å². The average molecular weight is 528 g/mol. The number of rotatable bonds is 10. The van der Waals surface area contributed by atoms with E-state index in [9.17, 15) is 23.6 Å². The van der Waals surface area contributed by atoms with Crippen LogP contribution < -0.4 is 22.3 Å². The van der Waals surface area contributed by atoms with Gasteiger partial charge < -0.3 is 15.2 Å². The largest absolute Gasteiger partial charge is 0.349 e. The molecule has 2 radical (unpaired) electrons. The predicted molar refractivity (Wildman–Crippen MR) is 145 cm³/mol. The molecule has 0 aliphatic carbocycles. The van der Waals surface area contributed by atoms with Crippen molar-refractivity contribution in [1.82, 2.24) is 25.2 Å². The fourth-order valence-electron chi connectivity index (χ4n) is 4.50. The number of likely N-dealkylation sites (tertiary alicyclic amines) is 1. The molecule has 12 heteroatoms. The molecule has 2 atom stereocenters. The van der Waals surface area contributed by atoms with E-state index < -0.39 is 17.4 Å². The van der Waals surface area contributed by atoms with Crippen molar-refractivity contribution in [2.45, 2.75) is 78.3 Å².